The molecule has 1 heterocycles. The van der Waals surface area contributed by atoms with E-state index in [9.17, 15) is 4.79 Å². The highest BCUT2D eigenvalue weighted by molar-refractivity contribution is 5.87. The highest BCUT2D eigenvalue weighted by Crippen LogP contribution is 2.36. The van der Waals surface area contributed by atoms with Gasteiger partial charge < -0.3 is 4.90 Å². The maximum atomic E-state index is 12.5. The van der Waals surface area contributed by atoms with Crippen LogP contribution in [0.5, 0.6) is 0 Å². The molecular weight excluding hydrogens is 246 g/mol. The molecule has 1 aliphatic heterocycles. The largest absolute Gasteiger partial charge is 0.303 e. The molecule has 0 aromatic carbocycles. The van der Waals surface area contributed by atoms with Gasteiger partial charge in [-0.25, -0.2) is 0 Å². The van der Waals surface area contributed by atoms with E-state index in [2.05, 4.69) is 25.7 Å². The van der Waals surface area contributed by atoms with Crippen LogP contribution in [0, 0.1) is 17.3 Å². The smallest absolute Gasteiger partial charge is 0.142 e. The van der Waals surface area contributed by atoms with Crippen LogP contribution in [0.1, 0.15) is 72.1 Å². The fraction of sp³-hybridized carbons (Fsp3) is 0.944. The molecule has 0 N–H and O–H groups in total. The Morgan fingerprint density at radius 3 is 2.70 bits per heavy atom. The molecule has 0 amide bonds. The van der Waals surface area contributed by atoms with Crippen molar-refractivity contribution in [2.75, 3.05) is 19.6 Å². The molecule has 0 aromatic heterocycles. The van der Waals surface area contributed by atoms with Gasteiger partial charge in [-0.1, -0.05) is 40.0 Å². The van der Waals surface area contributed by atoms with E-state index in [0.29, 0.717) is 11.7 Å². The average Bonchev–Trinajstić information content (AvgIpc) is 2.61. The first kappa shape index (κ1) is 16.0. The van der Waals surface area contributed by atoms with Gasteiger partial charge in [-0.05, 0) is 51.1 Å². The number of likely N-dealkylation sites (tertiary alicyclic amines) is 1. The molecule has 2 unspecified atom stereocenters. The zero-order valence-corrected chi connectivity index (χ0v) is 13.8. The predicted octanol–water partition coefficient (Wildman–Crippen LogP) is 4.28. The first-order valence-corrected chi connectivity index (χ1v) is 8.79. The molecule has 2 rings (SSSR count). The van der Waals surface area contributed by atoms with Gasteiger partial charge in [-0.3, -0.25) is 4.79 Å². The molecule has 1 saturated carbocycles. The zero-order chi connectivity index (χ0) is 14.6. The third-order valence-corrected chi connectivity index (χ3v) is 5.51. The van der Waals surface area contributed by atoms with Crippen LogP contribution in [0.2, 0.25) is 0 Å². The number of ketones is 1. The van der Waals surface area contributed by atoms with E-state index in [0.717, 1.165) is 25.3 Å². The Balaban J connectivity index is 1.85. The number of Topliss-reactive ketones (excluding diaryl/α,β-unsaturated/α-hetero) is 1. The van der Waals surface area contributed by atoms with E-state index in [4.69, 9.17) is 0 Å². The fourth-order valence-corrected chi connectivity index (χ4v) is 4.19. The van der Waals surface area contributed by atoms with E-state index in [-0.39, 0.29) is 5.41 Å². The van der Waals surface area contributed by atoms with Crippen LogP contribution in [-0.4, -0.2) is 30.3 Å². The van der Waals surface area contributed by atoms with Crippen molar-refractivity contribution in [3.05, 3.63) is 0 Å². The molecular formula is C18H33NO. The third kappa shape index (κ3) is 4.07. The van der Waals surface area contributed by atoms with Crippen molar-refractivity contribution in [3.8, 4) is 0 Å². The van der Waals surface area contributed by atoms with Crippen LogP contribution in [0.3, 0.4) is 0 Å². The summed E-state index contributed by atoms with van der Waals surface area (Å²) in [5.74, 6) is 1.77. The molecule has 116 valence electrons. The summed E-state index contributed by atoms with van der Waals surface area (Å²) in [7, 11) is 0. The van der Waals surface area contributed by atoms with Crippen LogP contribution in [0.25, 0.3) is 0 Å². The van der Waals surface area contributed by atoms with Gasteiger partial charge in [-0.2, -0.15) is 0 Å². The van der Waals surface area contributed by atoms with Gasteiger partial charge in [0.2, 0.25) is 0 Å². The number of rotatable bonds is 4. The average molecular weight is 279 g/mol. The van der Waals surface area contributed by atoms with Crippen LogP contribution in [-0.2, 0) is 4.79 Å². The second kappa shape index (κ2) is 7.06. The van der Waals surface area contributed by atoms with Gasteiger partial charge in [0.1, 0.15) is 5.78 Å². The first-order valence-electron chi connectivity index (χ1n) is 8.79. The van der Waals surface area contributed by atoms with E-state index in [1.165, 1.54) is 51.6 Å². The first-order chi connectivity index (χ1) is 9.53. The van der Waals surface area contributed by atoms with Gasteiger partial charge in [0.25, 0.3) is 0 Å². The van der Waals surface area contributed by atoms with Crippen molar-refractivity contribution in [3.63, 3.8) is 0 Å². The molecule has 0 aromatic rings. The molecule has 0 bridgehead atoms. The Kier molecular flexibility index (Phi) is 5.65. The third-order valence-electron chi connectivity index (χ3n) is 5.51. The van der Waals surface area contributed by atoms with Crippen LogP contribution in [0.4, 0.5) is 0 Å². The summed E-state index contributed by atoms with van der Waals surface area (Å²) in [6, 6.07) is 0. The number of carbonyl (C=O) groups excluding carboxylic acids is 1. The number of carbonyl (C=O) groups is 1. The van der Waals surface area contributed by atoms with E-state index in [1.807, 2.05) is 0 Å². The van der Waals surface area contributed by atoms with Gasteiger partial charge in [-0.15, -0.1) is 0 Å². The summed E-state index contributed by atoms with van der Waals surface area (Å²) >= 11 is 0. The molecule has 1 saturated heterocycles. The van der Waals surface area contributed by atoms with Crippen molar-refractivity contribution in [1.82, 2.24) is 4.90 Å². The maximum absolute atomic E-state index is 12.5. The fourth-order valence-electron chi connectivity index (χ4n) is 4.19. The Labute approximate surface area is 125 Å². The van der Waals surface area contributed by atoms with Crippen molar-refractivity contribution >= 4 is 5.78 Å². The number of nitrogens with zero attached hydrogens (tertiary/aromatic N) is 1. The molecule has 2 heteroatoms. The van der Waals surface area contributed by atoms with Gasteiger partial charge in [0.15, 0.2) is 0 Å². The monoisotopic (exact) mass is 279 g/mol. The minimum atomic E-state index is -0.0699. The lowest BCUT2D eigenvalue weighted by Gasteiger charge is -2.36. The second-order valence-electron chi connectivity index (χ2n) is 7.72. The molecule has 20 heavy (non-hydrogen) atoms. The summed E-state index contributed by atoms with van der Waals surface area (Å²) in [6.45, 7) is 10.0. The van der Waals surface area contributed by atoms with Gasteiger partial charge in [0, 0.05) is 17.9 Å². The molecule has 2 nitrogen and oxygen atoms in total. The minimum Gasteiger partial charge on any atom is -0.303 e. The van der Waals surface area contributed by atoms with Crippen LogP contribution < -0.4 is 0 Å². The Morgan fingerprint density at radius 2 is 1.95 bits per heavy atom. The minimum absolute atomic E-state index is 0.0699. The SMILES string of the molecule is CCCC1CCCN(CC2CCCC(C)(C)C2=O)CC1. The van der Waals surface area contributed by atoms with Crippen molar-refractivity contribution < 1.29 is 4.79 Å². The van der Waals surface area contributed by atoms with Gasteiger partial charge in [0.05, 0.1) is 0 Å². The van der Waals surface area contributed by atoms with E-state index in [1.54, 1.807) is 0 Å². The summed E-state index contributed by atoms with van der Waals surface area (Å²) in [5.41, 5.74) is -0.0699. The van der Waals surface area contributed by atoms with Crippen molar-refractivity contribution in [1.29, 1.82) is 0 Å². The zero-order valence-electron chi connectivity index (χ0n) is 13.8. The van der Waals surface area contributed by atoms with Crippen LogP contribution in [0.15, 0.2) is 0 Å². The van der Waals surface area contributed by atoms with Gasteiger partial charge >= 0.3 is 0 Å². The highest BCUT2D eigenvalue weighted by atomic mass is 16.1. The lowest BCUT2D eigenvalue weighted by Crippen LogP contribution is -2.42. The number of hydrogen-bond acceptors (Lipinski definition) is 2. The highest BCUT2D eigenvalue weighted by Gasteiger charge is 2.37. The summed E-state index contributed by atoms with van der Waals surface area (Å²) in [4.78, 5) is 15.1. The quantitative estimate of drug-likeness (QED) is 0.765. The predicted molar refractivity (Wildman–Crippen MR) is 84.8 cm³/mol. The van der Waals surface area contributed by atoms with E-state index >= 15 is 0 Å². The lowest BCUT2D eigenvalue weighted by atomic mass is 9.71. The molecule has 1 aliphatic carbocycles. The summed E-state index contributed by atoms with van der Waals surface area (Å²) in [5, 5.41) is 0. The van der Waals surface area contributed by atoms with Crippen molar-refractivity contribution in [2.45, 2.75) is 72.1 Å². The van der Waals surface area contributed by atoms with Crippen LogP contribution >= 0.6 is 0 Å². The number of hydrogen-bond donors (Lipinski definition) is 0. The molecule has 0 spiro atoms. The summed E-state index contributed by atoms with van der Waals surface area (Å²) in [6.07, 6.45) is 10.2. The standard InChI is InChI=1S/C18H33NO/c1-4-7-15-8-6-12-19(13-10-15)14-16-9-5-11-18(2,3)17(16)20/h15-16H,4-14H2,1-3H3. The normalized spacial score (nSPS) is 32.0. The Bertz CT molecular complexity index is 323. The second-order valence-corrected chi connectivity index (χ2v) is 7.72. The maximum Gasteiger partial charge on any atom is 0.142 e. The Hall–Kier alpha value is -0.370. The summed E-state index contributed by atoms with van der Waals surface area (Å²) < 4.78 is 0. The topological polar surface area (TPSA) is 20.3 Å². The molecule has 0 radical (unpaired) electrons. The Morgan fingerprint density at radius 1 is 1.15 bits per heavy atom. The van der Waals surface area contributed by atoms with Crippen molar-refractivity contribution in [2.24, 2.45) is 17.3 Å². The lowest BCUT2D eigenvalue weighted by molar-refractivity contribution is -0.135. The molecule has 2 atom stereocenters. The molecule has 2 fully saturated rings. The molecule has 2 aliphatic rings. The van der Waals surface area contributed by atoms with E-state index < -0.39 is 0 Å².